The number of carbonyl (C=O) groups excluding carboxylic acids is 1. The van der Waals surface area contributed by atoms with Crippen LogP contribution in [0.4, 0.5) is 0 Å². The Kier molecular flexibility index (Phi) is 6.16. The van der Waals surface area contributed by atoms with Crippen molar-refractivity contribution in [2.24, 2.45) is 0 Å². The third kappa shape index (κ3) is 4.35. The van der Waals surface area contributed by atoms with E-state index in [0.717, 1.165) is 19.3 Å². The fourth-order valence-corrected chi connectivity index (χ4v) is 1.81. The van der Waals surface area contributed by atoms with Gasteiger partial charge >= 0.3 is 0 Å². The van der Waals surface area contributed by atoms with Crippen molar-refractivity contribution >= 4 is 21.8 Å². The molecule has 0 aliphatic heterocycles. The molecule has 0 aliphatic rings. The predicted octanol–water partition coefficient (Wildman–Crippen LogP) is 3.43. The third-order valence-corrected chi connectivity index (χ3v) is 3.01. The lowest BCUT2D eigenvalue weighted by atomic mass is 10.0. The molecule has 1 N–H and O–H groups in total. The number of hydrogen-bond acceptors (Lipinski definition) is 1. The molecule has 1 aromatic carbocycles. The Hall–Kier alpha value is -0.830. The van der Waals surface area contributed by atoms with Gasteiger partial charge in [-0.2, -0.15) is 0 Å². The molecule has 2 nitrogen and oxygen atoms in total. The molecule has 0 saturated carbocycles. The zero-order valence-electron chi connectivity index (χ0n) is 9.58. The molecule has 1 atom stereocenters. The molecule has 1 amide bonds. The van der Waals surface area contributed by atoms with Crippen molar-refractivity contribution in [3.8, 4) is 0 Å². The monoisotopic (exact) mass is 283 g/mol. The van der Waals surface area contributed by atoms with E-state index in [1.807, 2.05) is 18.2 Å². The van der Waals surface area contributed by atoms with Crippen molar-refractivity contribution in [1.82, 2.24) is 5.32 Å². The molecule has 0 radical (unpaired) electrons. The third-order valence-electron chi connectivity index (χ3n) is 2.50. The Morgan fingerprint density at radius 2 is 2.06 bits per heavy atom. The van der Waals surface area contributed by atoms with Gasteiger partial charge in [0, 0.05) is 0 Å². The lowest BCUT2D eigenvalue weighted by molar-refractivity contribution is -0.119. The second-order valence-corrected chi connectivity index (χ2v) is 4.37. The molecule has 16 heavy (non-hydrogen) atoms. The minimum Gasteiger partial charge on any atom is -0.349 e. The van der Waals surface area contributed by atoms with Gasteiger partial charge in [-0.1, -0.05) is 66.0 Å². The van der Waals surface area contributed by atoms with Gasteiger partial charge in [0.2, 0.25) is 5.91 Å². The molecule has 0 bridgehead atoms. The van der Waals surface area contributed by atoms with Gasteiger partial charge in [0.05, 0.1) is 11.4 Å². The Morgan fingerprint density at radius 3 is 2.62 bits per heavy atom. The first-order valence-electron chi connectivity index (χ1n) is 5.68. The van der Waals surface area contributed by atoms with E-state index in [0.29, 0.717) is 5.33 Å². The number of alkyl halides is 1. The Bertz CT molecular complexity index is 313. The highest BCUT2D eigenvalue weighted by Crippen LogP contribution is 2.19. The highest BCUT2D eigenvalue weighted by molar-refractivity contribution is 9.09. The predicted molar refractivity (Wildman–Crippen MR) is 70.6 cm³/mol. The second kappa shape index (κ2) is 7.44. The van der Waals surface area contributed by atoms with Crippen molar-refractivity contribution < 1.29 is 4.79 Å². The van der Waals surface area contributed by atoms with Crippen LogP contribution in [0.1, 0.15) is 37.8 Å². The zero-order valence-corrected chi connectivity index (χ0v) is 11.2. The van der Waals surface area contributed by atoms with E-state index >= 15 is 0 Å². The summed E-state index contributed by atoms with van der Waals surface area (Å²) in [5.74, 6) is 0.0463. The maximum Gasteiger partial charge on any atom is 0.231 e. The number of rotatable bonds is 6. The number of benzene rings is 1. The maximum absolute atomic E-state index is 11.4. The van der Waals surface area contributed by atoms with Crippen LogP contribution in [0.25, 0.3) is 0 Å². The van der Waals surface area contributed by atoms with Gasteiger partial charge in [-0.15, -0.1) is 0 Å². The van der Waals surface area contributed by atoms with E-state index in [1.165, 1.54) is 5.56 Å². The summed E-state index contributed by atoms with van der Waals surface area (Å²) >= 11 is 3.17. The Labute approximate surface area is 106 Å². The van der Waals surface area contributed by atoms with Crippen LogP contribution in [0.3, 0.4) is 0 Å². The number of halogens is 1. The van der Waals surface area contributed by atoms with Crippen molar-refractivity contribution in [3.05, 3.63) is 35.9 Å². The average Bonchev–Trinajstić information content (AvgIpc) is 2.35. The van der Waals surface area contributed by atoms with Crippen LogP contribution < -0.4 is 5.32 Å². The lowest BCUT2D eigenvalue weighted by Crippen LogP contribution is -2.29. The van der Waals surface area contributed by atoms with Crippen LogP contribution in [0, 0.1) is 0 Å². The van der Waals surface area contributed by atoms with Gasteiger partial charge in [0.15, 0.2) is 0 Å². The Balaban J connectivity index is 2.67. The number of nitrogens with one attached hydrogen (secondary N) is 1. The fourth-order valence-electron chi connectivity index (χ4n) is 1.65. The van der Waals surface area contributed by atoms with E-state index in [-0.39, 0.29) is 11.9 Å². The molecule has 0 spiro atoms. The van der Waals surface area contributed by atoms with Crippen LogP contribution in [-0.4, -0.2) is 11.2 Å². The van der Waals surface area contributed by atoms with Crippen LogP contribution in [0.15, 0.2) is 30.3 Å². The summed E-state index contributed by atoms with van der Waals surface area (Å²) in [6.07, 6.45) is 3.27. The topological polar surface area (TPSA) is 29.1 Å². The fraction of sp³-hybridized carbons (Fsp3) is 0.462. The standard InChI is InChI=1S/C13H18BrNO/c1-2-3-9-12(15-13(16)10-14)11-7-5-4-6-8-11/h4-8,12H,2-3,9-10H2,1H3,(H,15,16). The Morgan fingerprint density at radius 1 is 1.38 bits per heavy atom. The summed E-state index contributed by atoms with van der Waals surface area (Å²) < 4.78 is 0. The average molecular weight is 284 g/mol. The van der Waals surface area contributed by atoms with Crippen LogP contribution in [0.2, 0.25) is 0 Å². The summed E-state index contributed by atoms with van der Waals surface area (Å²) in [7, 11) is 0. The minimum absolute atomic E-state index is 0.0463. The van der Waals surface area contributed by atoms with Crippen molar-refractivity contribution in [1.29, 1.82) is 0 Å². The number of hydrogen-bond donors (Lipinski definition) is 1. The first-order valence-corrected chi connectivity index (χ1v) is 6.80. The van der Waals surface area contributed by atoms with Crippen molar-refractivity contribution in [2.45, 2.75) is 32.2 Å². The molecule has 3 heteroatoms. The van der Waals surface area contributed by atoms with Gasteiger partial charge in [0.1, 0.15) is 0 Å². The minimum atomic E-state index is 0.0463. The van der Waals surface area contributed by atoms with Crippen molar-refractivity contribution in [3.63, 3.8) is 0 Å². The summed E-state index contributed by atoms with van der Waals surface area (Å²) in [5, 5.41) is 3.40. The molecule has 1 aromatic rings. The molecule has 0 heterocycles. The first kappa shape index (κ1) is 13.2. The normalized spacial score (nSPS) is 12.1. The molecule has 0 fully saturated rings. The van der Waals surface area contributed by atoms with E-state index in [2.05, 4.69) is 40.3 Å². The molecule has 0 aromatic heterocycles. The largest absolute Gasteiger partial charge is 0.349 e. The van der Waals surface area contributed by atoms with Crippen LogP contribution >= 0.6 is 15.9 Å². The zero-order chi connectivity index (χ0) is 11.8. The van der Waals surface area contributed by atoms with E-state index < -0.39 is 0 Å². The maximum atomic E-state index is 11.4. The molecular weight excluding hydrogens is 266 g/mol. The van der Waals surface area contributed by atoms with E-state index in [9.17, 15) is 4.79 Å². The smallest absolute Gasteiger partial charge is 0.231 e. The highest BCUT2D eigenvalue weighted by Gasteiger charge is 2.12. The molecular formula is C13H18BrNO. The molecule has 0 saturated heterocycles. The highest BCUT2D eigenvalue weighted by atomic mass is 79.9. The molecule has 0 aliphatic carbocycles. The quantitative estimate of drug-likeness (QED) is 0.797. The number of amides is 1. The van der Waals surface area contributed by atoms with E-state index in [4.69, 9.17) is 0 Å². The summed E-state index contributed by atoms with van der Waals surface area (Å²) in [5.41, 5.74) is 1.19. The van der Waals surface area contributed by atoms with Crippen LogP contribution in [-0.2, 0) is 4.79 Å². The number of unbranched alkanes of at least 4 members (excludes halogenated alkanes) is 1. The molecule has 1 unspecified atom stereocenters. The van der Waals surface area contributed by atoms with Crippen LogP contribution in [0.5, 0.6) is 0 Å². The lowest BCUT2D eigenvalue weighted by Gasteiger charge is -2.18. The molecule has 1 rings (SSSR count). The first-order chi connectivity index (χ1) is 7.77. The van der Waals surface area contributed by atoms with Gasteiger partial charge in [0.25, 0.3) is 0 Å². The van der Waals surface area contributed by atoms with E-state index in [1.54, 1.807) is 0 Å². The van der Waals surface area contributed by atoms with Gasteiger partial charge in [-0.3, -0.25) is 4.79 Å². The van der Waals surface area contributed by atoms with Gasteiger partial charge in [-0.25, -0.2) is 0 Å². The SMILES string of the molecule is CCCCC(NC(=O)CBr)c1ccccc1. The summed E-state index contributed by atoms with van der Waals surface area (Å²) in [6.45, 7) is 2.16. The summed E-state index contributed by atoms with van der Waals surface area (Å²) in [4.78, 5) is 11.4. The second-order valence-electron chi connectivity index (χ2n) is 3.81. The summed E-state index contributed by atoms with van der Waals surface area (Å²) in [6, 6.07) is 10.3. The van der Waals surface area contributed by atoms with Gasteiger partial charge in [-0.05, 0) is 12.0 Å². The number of carbonyl (C=O) groups is 1. The molecule has 88 valence electrons. The van der Waals surface area contributed by atoms with Gasteiger partial charge < -0.3 is 5.32 Å². The van der Waals surface area contributed by atoms with Crippen molar-refractivity contribution in [2.75, 3.05) is 5.33 Å².